The Morgan fingerprint density at radius 2 is 1.88 bits per heavy atom. The number of carbonyl (C=O) groups is 1. The summed E-state index contributed by atoms with van der Waals surface area (Å²) >= 11 is 12.0. The van der Waals surface area contributed by atoms with Gasteiger partial charge >= 0.3 is 0 Å². The van der Waals surface area contributed by atoms with Gasteiger partial charge in [0.2, 0.25) is 5.91 Å². The van der Waals surface area contributed by atoms with E-state index in [1.807, 2.05) is 6.07 Å². The minimum absolute atomic E-state index is 0.173. The highest BCUT2D eigenvalue weighted by molar-refractivity contribution is 6.43. The molecule has 24 heavy (non-hydrogen) atoms. The van der Waals surface area contributed by atoms with E-state index in [2.05, 4.69) is 10.6 Å². The Balaban J connectivity index is 1.92. The van der Waals surface area contributed by atoms with Crippen molar-refractivity contribution < 1.29 is 14.3 Å². The van der Waals surface area contributed by atoms with Crippen LogP contribution in [0.5, 0.6) is 11.5 Å². The number of anilines is 2. The Hall–Kier alpha value is -2.11. The molecular formula is C17H18Cl2N2O3. The first-order valence-electron chi connectivity index (χ1n) is 7.25. The van der Waals surface area contributed by atoms with E-state index in [1.165, 1.54) is 0 Å². The molecule has 0 spiro atoms. The number of amides is 1. The first-order valence-corrected chi connectivity index (χ1v) is 8.00. The number of carbonyl (C=O) groups excluding carboxylic acids is 1. The molecule has 2 N–H and O–H groups in total. The first kappa shape index (κ1) is 18.2. The molecule has 2 aromatic rings. The summed E-state index contributed by atoms with van der Waals surface area (Å²) in [6.07, 6.45) is 0.253. The SMILES string of the molecule is COc1ccc(OC)c(NCCC(=O)Nc2cccc(Cl)c2Cl)c1. The summed E-state index contributed by atoms with van der Waals surface area (Å²) in [6.45, 7) is 0.424. The summed E-state index contributed by atoms with van der Waals surface area (Å²) in [4.78, 5) is 12.0. The van der Waals surface area contributed by atoms with Gasteiger partial charge in [0.05, 0.1) is 35.6 Å². The molecule has 0 aliphatic rings. The van der Waals surface area contributed by atoms with Gasteiger partial charge in [-0.15, -0.1) is 0 Å². The highest BCUT2D eigenvalue weighted by atomic mass is 35.5. The third kappa shape index (κ3) is 4.69. The van der Waals surface area contributed by atoms with E-state index in [9.17, 15) is 4.79 Å². The van der Waals surface area contributed by atoms with Gasteiger partial charge in [-0.1, -0.05) is 29.3 Å². The zero-order chi connectivity index (χ0) is 17.5. The molecule has 0 saturated heterocycles. The second kappa shape index (κ2) is 8.66. The number of hydrogen-bond donors (Lipinski definition) is 2. The van der Waals surface area contributed by atoms with Crippen LogP contribution in [0.2, 0.25) is 10.0 Å². The average molecular weight is 369 g/mol. The molecule has 0 fully saturated rings. The van der Waals surface area contributed by atoms with E-state index in [0.29, 0.717) is 33.8 Å². The zero-order valence-electron chi connectivity index (χ0n) is 13.4. The smallest absolute Gasteiger partial charge is 0.226 e. The van der Waals surface area contributed by atoms with Crippen LogP contribution < -0.4 is 20.1 Å². The van der Waals surface area contributed by atoms with E-state index >= 15 is 0 Å². The molecule has 0 saturated carbocycles. The van der Waals surface area contributed by atoms with Crippen molar-refractivity contribution >= 4 is 40.5 Å². The summed E-state index contributed by atoms with van der Waals surface area (Å²) in [7, 11) is 3.18. The van der Waals surface area contributed by atoms with Gasteiger partial charge in [0.15, 0.2) is 0 Å². The molecule has 7 heteroatoms. The molecule has 0 heterocycles. The minimum atomic E-state index is -0.173. The summed E-state index contributed by atoms with van der Waals surface area (Å²) < 4.78 is 10.5. The van der Waals surface area contributed by atoms with Crippen LogP contribution in [0.3, 0.4) is 0 Å². The van der Waals surface area contributed by atoms with Gasteiger partial charge in [-0.25, -0.2) is 0 Å². The van der Waals surface area contributed by atoms with Crippen molar-refractivity contribution in [3.63, 3.8) is 0 Å². The van der Waals surface area contributed by atoms with Gasteiger partial charge in [0.25, 0.3) is 0 Å². The van der Waals surface area contributed by atoms with Crippen LogP contribution in [-0.2, 0) is 4.79 Å². The number of benzene rings is 2. The maximum Gasteiger partial charge on any atom is 0.226 e. The predicted molar refractivity (Wildman–Crippen MR) is 97.7 cm³/mol. The molecule has 0 aliphatic heterocycles. The Morgan fingerprint density at radius 3 is 2.58 bits per heavy atom. The quantitative estimate of drug-likeness (QED) is 0.757. The van der Waals surface area contributed by atoms with Crippen LogP contribution in [0.1, 0.15) is 6.42 Å². The van der Waals surface area contributed by atoms with Crippen LogP contribution in [0.15, 0.2) is 36.4 Å². The van der Waals surface area contributed by atoms with Crippen molar-refractivity contribution in [1.82, 2.24) is 0 Å². The largest absolute Gasteiger partial charge is 0.497 e. The van der Waals surface area contributed by atoms with Crippen LogP contribution in [0, 0.1) is 0 Å². The lowest BCUT2D eigenvalue weighted by molar-refractivity contribution is -0.115. The molecule has 0 unspecified atom stereocenters. The maximum atomic E-state index is 12.0. The molecule has 2 aromatic carbocycles. The molecule has 0 radical (unpaired) electrons. The van der Waals surface area contributed by atoms with E-state index < -0.39 is 0 Å². The van der Waals surface area contributed by atoms with Crippen molar-refractivity contribution in [2.45, 2.75) is 6.42 Å². The van der Waals surface area contributed by atoms with Crippen molar-refractivity contribution in [2.24, 2.45) is 0 Å². The maximum absolute atomic E-state index is 12.0. The third-order valence-electron chi connectivity index (χ3n) is 3.30. The molecule has 0 atom stereocenters. The summed E-state index contributed by atoms with van der Waals surface area (Å²) in [5.41, 5.74) is 1.25. The lowest BCUT2D eigenvalue weighted by Gasteiger charge is -2.13. The standard InChI is InChI=1S/C17H18Cl2N2O3/c1-23-11-6-7-15(24-2)14(10-11)20-9-8-16(22)21-13-5-3-4-12(18)17(13)19/h3-7,10,20H,8-9H2,1-2H3,(H,21,22). The van der Waals surface area contributed by atoms with Crippen molar-refractivity contribution in [3.05, 3.63) is 46.4 Å². The van der Waals surface area contributed by atoms with Gasteiger partial charge < -0.3 is 20.1 Å². The normalized spacial score (nSPS) is 10.2. The van der Waals surface area contributed by atoms with Crippen molar-refractivity contribution in [2.75, 3.05) is 31.4 Å². The number of methoxy groups -OCH3 is 2. The highest BCUT2D eigenvalue weighted by Crippen LogP contribution is 2.30. The zero-order valence-corrected chi connectivity index (χ0v) is 14.9. The van der Waals surface area contributed by atoms with Gasteiger partial charge in [0.1, 0.15) is 11.5 Å². The fourth-order valence-electron chi connectivity index (χ4n) is 2.08. The molecule has 1 amide bonds. The van der Waals surface area contributed by atoms with Crippen molar-refractivity contribution in [1.29, 1.82) is 0 Å². The summed E-state index contributed by atoms with van der Waals surface area (Å²) in [5, 5.41) is 6.62. The number of nitrogens with one attached hydrogen (secondary N) is 2. The molecule has 0 bridgehead atoms. The number of halogens is 2. The summed E-state index contributed by atoms with van der Waals surface area (Å²) in [6, 6.07) is 10.5. The van der Waals surface area contributed by atoms with Crippen LogP contribution in [-0.4, -0.2) is 26.7 Å². The Kier molecular flexibility index (Phi) is 6.58. The second-order valence-corrected chi connectivity index (χ2v) is 5.68. The summed E-state index contributed by atoms with van der Waals surface area (Å²) in [5.74, 6) is 1.20. The molecular weight excluding hydrogens is 351 g/mol. The van der Waals surface area contributed by atoms with E-state index in [0.717, 1.165) is 5.69 Å². The number of hydrogen-bond acceptors (Lipinski definition) is 4. The Morgan fingerprint density at radius 1 is 1.08 bits per heavy atom. The van der Waals surface area contributed by atoms with Crippen LogP contribution in [0.25, 0.3) is 0 Å². The Bertz CT molecular complexity index is 723. The fourth-order valence-corrected chi connectivity index (χ4v) is 2.42. The molecule has 2 rings (SSSR count). The van der Waals surface area contributed by atoms with Crippen LogP contribution in [0.4, 0.5) is 11.4 Å². The first-order chi connectivity index (χ1) is 11.5. The number of ether oxygens (including phenoxy) is 2. The topological polar surface area (TPSA) is 59.6 Å². The number of rotatable bonds is 7. The van der Waals surface area contributed by atoms with E-state index in [4.69, 9.17) is 32.7 Å². The van der Waals surface area contributed by atoms with E-state index in [-0.39, 0.29) is 12.3 Å². The fraction of sp³-hybridized carbons (Fsp3) is 0.235. The average Bonchev–Trinajstić information content (AvgIpc) is 2.59. The van der Waals surface area contributed by atoms with Crippen molar-refractivity contribution in [3.8, 4) is 11.5 Å². The Labute approximate surface area is 150 Å². The highest BCUT2D eigenvalue weighted by Gasteiger charge is 2.09. The van der Waals surface area contributed by atoms with Gasteiger partial charge in [-0.05, 0) is 24.3 Å². The van der Waals surface area contributed by atoms with Gasteiger partial charge in [-0.2, -0.15) is 0 Å². The van der Waals surface area contributed by atoms with Gasteiger partial charge in [0, 0.05) is 19.0 Å². The predicted octanol–water partition coefficient (Wildman–Crippen LogP) is 4.45. The lowest BCUT2D eigenvalue weighted by Crippen LogP contribution is -2.16. The molecule has 0 aliphatic carbocycles. The second-order valence-electron chi connectivity index (χ2n) is 4.89. The monoisotopic (exact) mass is 368 g/mol. The minimum Gasteiger partial charge on any atom is -0.497 e. The third-order valence-corrected chi connectivity index (χ3v) is 4.12. The van der Waals surface area contributed by atoms with Crippen LogP contribution >= 0.6 is 23.2 Å². The molecule has 128 valence electrons. The van der Waals surface area contributed by atoms with Gasteiger partial charge in [-0.3, -0.25) is 4.79 Å². The molecule has 5 nitrogen and oxygen atoms in total. The molecule has 0 aromatic heterocycles. The lowest BCUT2D eigenvalue weighted by atomic mass is 10.2. The van der Waals surface area contributed by atoms with E-state index in [1.54, 1.807) is 44.6 Å².